The van der Waals surface area contributed by atoms with Crippen LogP contribution in [0.5, 0.6) is 0 Å². The lowest BCUT2D eigenvalue weighted by atomic mass is 9.89. The van der Waals surface area contributed by atoms with E-state index in [9.17, 15) is 9.90 Å². The minimum atomic E-state index is -0.645. The molecule has 3 nitrogen and oxygen atoms in total. The molecule has 1 heterocycles. The van der Waals surface area contributed by atoms with Crippen LogP contribution in [0, 0.1) is 5.92 Å². The van der Waals surface area contributed by atoms with Gasteiger partial charge < -0.3 is 5.11 Å². The number of carboxylic acid groups (broad SMARTS) is 1. The monoisotopic (exact) mass is 245 g/mol. The highest BCUT2D eigenvalue weighted by molar-refractivity contribution is 5.73. The third-order valence-corrected chi connectivity index (χ3v) is 4.16. The van der Waals surface area contributed by atoms with Gasteiger partial charge in [0, 0.05) is 19.0 Å². The minimum Gasteiger partial charge on any atom is -0.480 e. The van der Waals surface area contributed by atoms with Crippen molar-refractivity contribution in [3.8, 4) is 0 Å². The predicted octanol–water partition coefficient (Wildman–Crippen LogP) is 2.34. The number of hydrogen-bond donors (Lipinski definition) is 1. The fourth-order valence-electron chi connectivity index (χ4n) is 2.78. The molecule has 0 aromatic heterocycles. The Bertz CT molecular complexity index is 421. The smallest absolute Gasteiger partial charge is 0.320 e. The van der Waals surface area contributed by atoms with E-state index in [4.69, 9.17) is 0 Å². The zero-order chi connectivity index (χ0) is 12.5. The maximum absolute atomic E-state index is 11.3. The van der Waals surface area contributed by atoms with Crippen molar-refractivity contribution in [3.05, 3.63) is 35.9 Å². The molecule has 1 aliphatic heterocycles. The van der Waals surface area contributed by atoms with Crippen LogP contribution < -0.4 is 0 Å². The molecule has 1 aromatic carbocycles. The standard InChI is InChI=1S/C15H19NO2/c17-15(18)14(8-11-6-7-11)16-9-13(10-16)12-4-2-1-3-5-12/h1-5,11,13-14H,6-10H2,(H,17,18). The van der Waals surface area contributed by atoms with Crippen molar-refractivity contribution in [1.29, 1.82) is 0 Å². The summed E-state index contributed by atoms with van der Waals surface area (Å²) >= 11 is 0. The van der Waals surface area contributed by atoms with Crippen LogP contribution in [-0.2, 0) is 4.79 Å². The molecule has 3 rings (SSSR count). The van der Waals surface area contributed by atoms with Gasteiger partial charge in [-0.15, -0.1) is 0 Å². The molecule has 1 saturated carbocycles. The van der Waals surface area contributed by atoms with Crippen molar-refractivity contribution in [2.45, 2.75) is 31.2 Å². The van der Waals surface area contributed by atoms with E-state index in [0.29, 0.717) is 11.8 Å². The van der Waals surface area contributed by atoms with Gasteiger partial charge in [-0.05, 0) is 17.9 Å². The normalized spacial score (nSPS) is 22.4. The Balaban J connectivity index is 1.58. The Morgan fingerprint density at radius 3 is 2.50 bits per heavy atom. The SMILES string of the molecule is O=C(O)C(CC1CC1)N1CC(c2ccccc2)C1. The molecule has 0 amide bonds. The van der Waals surface area contributed by atoms with Crippen molar-refractivity contribution < 1.29 is 9.90 Å². The summed E-state index contributed by atoms with van der Waals surface area (Å²) in [6.45, 7) is 1.79. The van der Waals surface area contributed by atoms with Crippen molar-refractivity contribution in [2.75, 3.05) is 13.1 Å². The Hall–Kier alpha value is -1.35. The topological polar surface area (TPSA) is 40.5 Å². The fraction of sp³-hybridized carbons (Fsp3) is 0.533. The van der Waals surface area contributed by atoms with E-state index in [1.807, 2.05) is 6.07 Å². The van der Waals surface area contributed by atoms with E-state index in [1.54, 1.807) is 0 Å². The van der Waals surface area contributed by atoms with Gasteiger partial charge in [0.25, 0.3) is 0 Å². The van der Waals surface area contributed by atoms with E-state index in [2.05, 4.69) is 29.2 Å². The average Bonchev–Trinajstić information content (AvgIpc) is 3.11. The number of carbonyl (C=O) groups is 1. The van der Waals surface area contributed by atoms with Crippen LogP contribution in [-0.4, -0.2) is 35.1 Å². The largest absolute Gasteiger partial charge is 0.480 e. The molecule has 1 aliphatic carbocycles. The number of aliphatic carboxylic acids is 1. The first-order chi connectivity index (χ1) is 8.74. The molecule has 1 N–H and O–H groups in total. The van der Waals surface area contributed by atoms with Gasteiger partial charge in [0.2, 0.25) is 0 Å². The molecule has 1 saturated heterocycles. The van der Waals surface area contributed by atoms with E-state index in [0.717, 1.165) is 19.5 Å². The number of carboxylic acids is 1. The summed E-state index contributed by atoms with van der Waals surface area (Å²) in [5.41, 5.74) is 1.34. The van der Waals surface area contributed by atoms with Crippen LogP contribution in [0.25, 0.3) is 0 Å². The highest BCUT2D eigenvalue weighted by Gasteiger charge is 2.39. The Labute approximate surface area is 107 Å². The highest BCUT2D eigenvalue weighted by atomic mass is 16.4. The highest BCUT2D eigenvalue weighted by Crippen LogP contribution is 2.37. The van der Waals surface area contributed by atoms with E-state index >= 15 is 0 Å². The fourth-order valence-corrected chi connectivity index (χ4v) is 2.78. The van der Waals surface area contributed by atoms with Crippen LogP contribution in [0.15, 0.2) is 30.3 Å². The number of nitrogens with zero attached hydrogens (tertiary/aromatic N) is 1. The molecule has 96 valence electrons. The Morgan fingerprint density at radius 2 is 1.94 bits per heavy atom. The lowest BCUT2D eigenvalue weighted by molar-refractivity contribution is -0.145. The predicted molar refractivity (Wildman–Crippen MR) is 69.5 cm³/mol. The molecular weight excluding hydrogens is 226 g/mol. The summed E-state index contributed by atoms with van der Waals surface area (Å²) in [6, 6.07) is 10.1. The van der Waals surface area contributed by atoms with Crippen LogP contribution in [0.3, 0.4) is 0 Å². The molecular formula is C15H19NO2. The average molecular weight is 245 g/mol. The second kappa shape index (κ2) is 4.73. The number of benzene rings is 1. The summed E-state index contributed by atoms with van der Waals surface area (Å²) in [4.78, 5) is 13.4. The second-order valence-corrected chi connectivity index (χ2v) is 5.59. The number of rotatable bonds is 5. The molecule has 18 heavy (non-hydrogen) atoms. The minimum absolute atomic E-state index is 0.252. The van der Waals surface area contributed by atoms with Gasteiger partial charge in [-0.3, -0.25) is 9.69 Å². The van der Waals surface area contributed by atoms with Crippen LogP contribution in [0.4, 0.5) is 0 Å². The first kappa shape index (κ1) is 11.7. The lowest BCUT2D eigenvalue weighted by Gasteiger charge is -2.43. The van der Waals surface area contributed by atoms with E-state index in [1.165, 1.54) is 18.4 Å². The molecule has 3 heteroatoms. The molecule has 1 atom stereocenters. The van der Waals surface area contributed by atoms with Crippen LogP contribution in [0.2, 0.25) is 0 Å². The van der Waals surface area contributed by atoms with Gasteiger partial charge in [0.1, 0.15) is 6.04 Å². The summed E-state index contributed by atoms with van der Waals surface area (Å²) in [5.74, 6) is 0.544. The van der Waals surface area contributed by atoms with E-state index < -0.39 is 5.97 Å². The van der Waals surface area contributed by atoms with Gasteiger partial charge in [-0.1, -0.05) is 43.2 Å². The maximum Gasteiger partial charge on any atom is 0.320 e. The van der Waals surface area contributed by atoms with Crippen molar-refractivity contribution in [2.24, 2.45) is 5.92 Å². The van der Waals surface area contributed by atoms with Gasteiger partial charge >= 0.3 is 5.97 Å². The number of hydrogen-bond acceptors (Lipinski definition) is 2. The van der Waals surface area contributed by atoms with Gasteiger partial charge in [-0.2, -0.15) is 0 Å². The Morgan fingerprint density at radius 1 is 1.28 bits per heavy atom. The zero-order valence-corrected chi connectivity index (χ0v) is 10.5. The second-order valence-electron chi connectivity index (χ2n) is 5.59. The van der Waals surface area contributed by atoms with Crippen LogP contribution >= 0.6 is 0 Å². The quantitative estimate of drug-likeness (QED) is 0.865. The molecule has 0 radical (unpaired) electrons. The van der Waals surface area contributed by atoms with Crippen molar-refractivity contribution in [1.82, 2.24) is 4.90 Å². The molecule has 2 fully saturated rings. The van der Waals surface area contributed by atoms with Gasteiger partial charge in [0.05, 0.1) is 0 Å². The van der Waals surface area contributed by atoms with Crippen molar-refractivity contribution >= 4 is 5.97 Å². The number of likely N-dealkylation sites (tertiary alicyclic amines) is 1. The molecule has 0 spiro atoms. The summed E-state index contributed by atoms with van der Waals surface area (Å²) in [7, 11) is 0. The molecule has 2 aliphatic rings. The maximum atomic E-state index is 11.3. The summed E-state index contributed by atoms with van der Waals surface area (Å²) < 4.78 is 0. The van der Waals surface area contributed by atoms with Gasteiger partial charge in [0.15, 0.2) is 0 Å². The summed E-state index contributed by atoms with van der Waals surface area (Å²) in [6.07, 6.45) is 3.29. The molecule has 0 bridgehead atoms. The Kier molecular flexibility index (Phi) is 3.08. The summed E-state index contributed by atoms with van der Waals surface area (Å²) in [5, 5.41) is 9.30. The first-order valence-corrected chi connectivity index (χ1v) is 6.76. The molecule has 1 unspecified atom stereocenters. The van der Waals surface area contributed by atoms with Crippen molar-refractivity contribution in [3.63, 3.8) is 0 Å². The van der Waals surface area contributed by atoms with Crippen LogP contribution in [0.1, 0.15) is 30.7 Å². The lowest BCUT2D eigenvalue weighted by Crippen LogP contribution is -2.53. The molecule has 1 aromatic rings. The zero-order valence-electron chi connectivity index (χ0n) is 10.5. The van der Waals surface area contributed by atoms with E-state index in [-0.39, 0.29) is 6.04 Å². The first-order valence-electron chi connectivity index (χ1n) is 6.76. The van der Waals surface area contributed by atoms with Gasteiger partial charge in [-0.25, -0.2) is 0 Å². The third-order valence-electron chi connectivity index (χ3n) is 4.16. The third kappa shape index (κ3) is 2.41.